The Labute approximate surface area is 273 Å². The molecule has 2 aromatic heterocycles. The SMILES string of the molecule is Nc1nc2c(nc(NCCCCCCNC(=O)CCCC[C@@H]3SC[C@@H]4NC(=O)N[C@@H]43)n2[C@@H]2O[C@H](COP(=O)(O)O)[C@@H](O)[C@H]2O)c(=O)[nH]1. The number of nitrogens with one attached hydrogen (secondary N) is 5. The summed E-state index contributed by atoms with van der Waals surface area (Å²) in [5.41, 5.74) is 4.98. The highest BCUT2D eigenvalue weighted by atomic mass is 32.2. The largest absolute Gasteiger partial charge is 0.469 e. The van der Waals surface area contributed by atoms with Crippen molar-refractivity contribution in [3.63, 3.8) is 0 Å². The fourth-order valence-corrected chi connectivity index (χ4v) is 7.90. The molecule has 47 heavy (non-hydrogen) atoms. The van der Waals surface area contributed by atoms with Gasteiger partial charge in [-0.05, 0) is 25.7 Å². The lowest BCUT2D eigenvalue weighted by Crippen LogP contribution is -2.36. The van der Waals surface area contributed by atoms with Gasteiger partial charge in [0.15, 0.2) is 17.4 Å². The summed E-state index contributed by atoms with van der Waals surface area (Å²) in [6, 6.07) is 0.297. The molecule has 0 aliphatic carbocycles. The van der Waals surface area contributed by atoms with Crippen LogP contribution in [-0.2, 0) is 18.6 Å². The molecule has 3 aliphatic rings. The number of thioether (sulfide) groups is 1. The molecule has 3 aliphatic heterocycles. The van der Waals surface area contributed by atoms with Crippen molar-refractivity contribution in [2.45, 2.75) is 93.2 Å². The van der Waals surface area contributed by atoms with Gasteiger partial charge in [0.25, 0.3) is 5.56 Å². The minimum Gasteiger partial charge on any atom is -0.387 e. The Morgan fingerprint density at radius 1 is 1.09 bits per heavy atom. The van der Waals surface area contributed by atoms with E-state index in [4.69, 9.17) is 20.3 Å². The van der Waals surface area contributed by atoms with E-state index < -0.39 is 44.5 Å². The highest BCUT2D eigenvalue weighted by Gasteiger charge is 2.46. The van der Waals surface area contributed by atoms with Gasteiger partial charge in [-0.1, -0.05) is 19.3 Å². The Morgan fingerprint density at radius 2 is 1.85 bits per heavy atom. The molecule has 0 spiro atoms. The summed E-state index contributed by atoms with van der Waals surface area (Å²) in [4.78, 5) is 65.0. The minimum atomic E-state index is -4.87. The number of nitrogens with two attached hydrogens (primary N) is 1. The summed E-state index contributed by atoms with van der Waals surface area (Å²) < 4.78 is 22.5. The first kappa shape index (κ1) is 35.3. The average molecular weight is 704 g/mol. The number of rotatable bonds is 17. The van der Waals surface area contributed by atoms with Gasteiger partial charge in [0.2, 0.25) is 17.8 Å². The predicted molar refractivity (Wildman–Crippen MR) is 170 cm³/mol. The lowest BCUT2D eigenvalue weighted by molar-refractivity contribution is -0.121. The maximum Gasteiger partial charge on any atom is 0.469 e. The molecule has 262 valence electrons. The van der Waals surface area contributed by atoms with Crippen molar-refractivity contribution in [1.82, 2.24) is 35.5 Å². The van der Waals surface area contributed by atoms with Crippen LogP contribution in [0.3, 0.4) is 0 Å². The lowest BCUT2D eigenvalue weighted by atomic mass is 10.0. The van der Waals surface area contributed by atoms with E-state index in [0.717, 1.165) is 44.3 Å². The zero-order valence-electron chi connectivity index (χ0n) is 25.5. The first-order chi connectivity index (χ1) is 22.4. The molecule has 0 saturated carbocycles. The van der Waals surface area contributed by atoms with Crippen LogP contribution in [0.2, 0.25) is 0 Å². The number of urea groups is 1. The van der Waals surface area contributed by atoms with Gasteiger partial charge in [0, 0.05) is 30.5 Å². The number of amides is 3. The summed E-state index contributed by atoms with van der Waals surface area (Å²) in [5, 5.41) is 33.6. The van der Waals surface area contributed by atoms with Crippen LogP contribution in [0.25, 0.3) is 11.2 Å². The number of anilines is 2. The van der Waals surface area contributed by atoms with Crippen molar-refractivity contribution in [2.75, 3.05) is 36.5 Å². The second-order valence-corrected chi connectivity index (χ2v) is 14.3. The number of aromatic amines is 1. The van der Waals surface area contributed by atoms with E-state index >= 15 is 0 Å². The molecule has 0 radical (unpaired) electrons. The quantitative estimate of drug-likeness (QED) is 0.0551. The van der Waals surface area contributed by atoms with Crippen molar-refractivity contribution < 1.29 is 43.4 Å². The van der Waals surface area contributed by atoms with Crippen LogP contribution in [0, 0.1) is 0 Å². The first-order valence-corrected chi connectivity index (χ1v) is 18.2. The molecule has 5 rings (SSSR count). The number of carbonyl (C=O) groups is 2. The average Bonchev–Trinajstić information content (AvgIpc) is 3.73. The third kappa shape index (κ3) is 8.94. The van der Waals surface area contributed by atoms with Crippen molar-refractivity contribution in [3.05, 3.63) is 10.4 Å². The van der Waals surface area contributed by atoms with Crippen LogP contribution < -0.4 is 32.6 Å². The van der Waals surface area contributed by atoms with E-state index in [1.165, 1.54) is 4.57 Å². The molecular formula is C26H42N9O10PS. The molecule has 2 aromatic rings. The molecule has 3 saturated heterocycles. The van der Waals surface area contributed by atoms with Crippen molar-refractivity contribution >= 4 is 54.6 Å². The maximum absolute atomic E-state index is 12.5. The van der Waals surface area contributed by atoms with Gasteiger partial charge in [0.1, 0.15) is 18.3 Å². The van der Waals surface area contributed by atoms with Crippen LogP contribution >= 0.6 is 19.6 Å². The number of phosphoric acid groups is 1. The summed E-state index contributed by atoms with van der Waals surface area (Å²) >= 11 is 1.87. The summed E-state index contributed by atoms with van der Waals surface area (Å²) in [5.74, 6) is 0.850. The van der Waals surface area contributed by atoms with E-state index in [9.17, 15) is 29.2 Å². The predicted octanol–water partition coefficient (Wildman–Crippen LogP) is -0.755. The van der Waals surface area contributed by atoms with E-state index in [2.05, 4.69) is 40.7 Å². The van der Waals surface area contributed by atoms with E-state index in [0.29, 0.717) is 31.2 Å². The molecule has 19 nitrogen and oxygen atoms in total. The zero-order valence-corrected chi connectivity index (χ0v) is 27.3. The van der Waals surface area contributed by atoms with E-state index in [1.54, 1.807) is 0 Å². The second-order valence-electron chi connectivity index (χ2n) is 11.8. The van der Waals surface area contributed by atoms with Gasteiger partial charge in [0.05, 0.1) is 18.7 Å². The number of imidazole rings is 1. The zero-order chi connectivity index (χ0) is 33.7. The highest BCUT2D eigenvalue weighted by Crippen LogP contribution is 2.39. The smallest absolute Gasteiger partial charge is 0.387 e. The number of fused-ring (bicyclic) bond motifs is 2. The topological polar surface area (TPSA) is 288 Å². The number of phosphoric ester groups is 1. The van der Waals surface area contributed by atoms with Crippen LogP contribution in [0.5, 0.6) is 0 Å². The highest BCUT2D eigenvalue weighted by molar-refractivity contribution is 8.00. The number of aliphatic hydroxyl groups is 2. The Kier molecular flexibility index (Phi) is 11.7. The van der Waals surface area contributed by atoms with E-state index in [1.807, 2.05) is 11.8 Å². The number of nitrogens with zero attached hydrogens (tertiary/aromatic N) is 3. The Bertz CT molecular complexity index is 1520. The molecule has 21 heteroatoms. The number of hydrogen-bond donors (Lipinski definition) is 10. The molecule has 7 atom stereocenters. The van der Waals surface area contributed by atoms with Gasteiger partial charge in [-0.3, -0.25) is 23.7 Å². The van der Waals surface area contributed by atoms with Gasteiger partial charge in [-0.25, -0.2) is 14.3 Å². The summed E-state index contributed by atoms with van der Waals surface area (Å²) in [6.45, 7) is 0.287. The molecule has 11 N–H and O–H groups in total. The summed E-state index contributed by atoms with van der Waals surface area (Å²) in [6.07, 6.45) is 0.574. The van der Waals surface area contributed by atoms with Crippen LogP contribution in [-0.4, -0.2) is 113 Å². The number of ether oxygens (including phenoxy) is 1. The fourth-order valence-electron chi connectivity index (χ4n) is 6.01. The van der Waals surface area contributed by atoms with Crippen LogP contribution in [0.1, 0.15) is 57.6 Å². The molecule has 3 fully saturated rings. The number of aromatic nitrogens is 4. The van der Waals surface area contributed by atoms with Crippen molar-refractivity contribution in [3.8, 4) is 0 Å². The molecule has 5 heterocycles. The first-order valence-electron chi connectivity index (χ1n) is 15.6. The molecule has 0 unspecified atom stereocenters. The number of unbranched alkanes of at least 4 members (excludes halogenated alkanes) is 4. The lowest BCUT2D eigenvalue weighted by Gasteiger charge is -2.20. The number of aliphatic hydroxyl groups excluding tert-OH is 2. The normalized spacial score (nSPS) is 27.1. The Hall–Kier alpha value is -2.97. The Morgan fingerprint density at radius 3 is 2.62 bits per heavy atom. The van der Waals surface area contributed by atoms with Gasteiger partial charge < -0.3 is 51.7 Å². The number of carbonyl (C=O) groups excluding carboxylic acids is 2. The second kappa shape index (κ2) is 15.5. The monoisotopic (exact) mass is 703 g/mol. The van der Waals surface area contributed by atoms with Gasteiger partial charge >= 0.3 is 13.9 Å². The Balaban J connectivity index is 1.03. The van der Waals surface area contributed by atoms with Gasteiger partial charge in [-0.2, -0.15) is 16.7 Å². The van der Waals surface area contributed by atoms with Gasteiger partial charge in [-0.15, -0.1) is 0 Å². The standard InChI is InChI=1S/C26H42N9O10PS/c27-24-33-21-18(22(39)34-24)31-25(35(21)23-20(38)19(37)14(45-23)11-44-46(41,42)43)29-10-6-2-1-5-9-28-16(36)8-4-3-7-15-17-13(12-47-15)30-26(40)32-17/h13-15,17,19-20,23,37-38H,1-12H2,(H,28,36)(H,29,31)(H2,30,32,40)(H2,41,42,43)(H3,27,33,34,39)/t13-,14+,15-,17-,19+,20+,23+/m0/s1. The third-order valence-corrected chi connectivity index (χ3v) is 10.4. The summed E-state index contributed by atoms with van der Waals surface area (Å²) in [7, 11) is -4.87. The number of nitrogen functional groups attached to an aromatic ring is 1. The minimum absolute atomic E-state index is 0.0250. The van der Waals surface area contributed by atoms with Crippen LogP contribution in [0.15, 0.2) is 4.79 Å². The molecule has 3 amide bonds. The van der Waals surface area contributed by atoms with Crippen molar-refractivity contribution in [1.29, 1.82) is 0 Å². The third-order valence-electron chi connectivity index (χ3n) is 8.36. The van der Waals surface area contributed by atoms with Crippen molar-refractivity contribution in [2.24, 2.45) is 0 Å². The molecule has 0 aromatic carbocycles. The van der Waals surface area contributed by atoms with E-state index in [-0.39, 0.29) is 47.1 Å². The van der Waals surface area contributed by atoms with Crippen LogP contribution in [0.4, 0.5) is 16.7 Å². The number of H-pyrrole nitrogens is 1. The molecular weight excluding hydrogens is 661 g/mol. The fraction of sp³-hybridized carbons (Fsp3) is 0.731. The molecule has 0 bridgehead atoms. The maximum atomic E-state index is 12.5. The number of hydrogen-bond acceptors (Lipinski definition) is 13.